The molecule has 0 radical (unpaired) electrons. The molecule has 1 atom stereocenters. The highest BCUT2D eigenvalue weighted by Gasteiger charge is 2.46. The summed E-state index contributed by atoms with van der Waals surface area (Å²) in [6.07, 6.45) is -4.75. The zero-order valence-corrected chi connectivity index (χ0v) is 12.4. The number of hydrogen-bond donors (Lipinski definition) is 0. The average Bonchev–Trinajstić information content (AvgIpc) is 2.45. The van der Waals surface area contributed by atoms with E-state index in [-0.39, 0.29) is 18.9 Å². The average molecular weight is 314 g/mol. The van der Waals surface area contributed by atoms with E-state index >= 15 is 0 Å². The lowest BCUT2D eigenvalue weighted by Gasteiger charge is -2.37. The van der Waals surface area contributed by atoms with Gasteiger partial charge in [0.25, 0.3) is 0 Å². The number of halogens is 3. The van der Waals surface area contributed by atoms with Gasteiger partial charge in [-0.1, -0.05) is 24.3 Å². The molecule has 120 valence electrons. The summed E-state index contributed by atoms with van der Waals surface area (Å²) in [5, 5.41) is 0. The molecule has 22 heavy (non-hydrogen) atoms. The zero-order valence-electron chi connectivity index (χ0n) is 12.4. The lowest BCUT2D eigenvalue weighted by atomic mass is 9.90. The molecule has 4 nitrogen and oxygen atoms in total. The summed E-state index contributed by atoms with van der Waals surface area (Å²) >= 11 is 0. The number of nitrogens with zero attached hydrogens (tertiary/aromatic N) is 2. The van der Waals surface area contributed by atoms with Gasteiger partial charge in [-0.15, -0.1) is 0 Å². The summed E-state index contributed by atoms with van der Waals surface area (Å²) in [6.45, 7) is -0.0409. The van der Waals surface area contributed by atoms with Crippen LogP contribution in [0.4, 0.5) is 13.2 Å². The zero-order chi connectivity index (χ0) is 16.5. The first-order valence-electron chi connectivity index (χ1n) is 6.87. The van der Waals surface area contributed by atoms with Crippen molar-refractivity contribution in [2.24, 2.45) is 0 Å². The van der Waals surface area contributed by atoms with Gasteiger partial charge in [-0.25, -0.2) is 0 Å². The van der Waals surface area contributed by atoms with Crippen LogP contribution >= 0.6 is 0 Å². The Morgan fingerprint density at radius 3 is 2.50 bits per heavy atom. The van der Waals surface area contributed by atoms with Crippen molar-refractivity contribution >= 4 is 11.8 Å². The van der Waals surface area contributed by atoms with E-state index in [1.807, 2.05) is 6.07 Å². The molecule has 0 bridgehead atoms. The van der Waals surface area contributed by atoms with Crippen LogP contribution in [0.1, 0.15) is 23.6 Å². The summed E-state index contributed by atoms with van der Waals surface area (Å²) in [4.78, 5) is 25.7. The molecule has 0 fully saturated rings. The van der Waals surface area contributed by atoms with Gasteiger partial charge in [-0.05, 0) is 17.5 Å². The molecule has 0 unspecified atom stereocenters. The van der Waals surface area contributed by atoms with Crippen molar-refractivity contribution in [2.45, 2.75) is 25.1 Å². The van der Waals surface area contributed by atoms with Gasteiger partial charge in [-0.3, -0.25) is 9.59 Å². The third-order valence-corrected chi connectivity index (χ3v) is 3.78. The van der Waals surface area contributed by atoms with E-state index in [0.29, 0.717) is 12.0 Å². The topological polar surface area (TPSA) is 40.6 Å². The number of hydrogen-bond acceptors (Lipinski definition) is 2. The minimum Gasteiger partial charge on any atom is -0.349 e. The molecule has 0 aromatic heterocycles. The second kappa shape index (κ2) is 5.98. The van der Waals surface area contributed by atoms with E-state index in [4.69, 9.17) is 0 Å². The molecule has 1 heterocycles. The number of carbonyl (C=O) groups is 2. The Morgan fingerprint density at radius 2 is 1.91 bits per heavy atom. The third-order valence-electron chi connectivity index (χ3n) is 3.78. The van der Waals surface area contributed by atoms with Crippen molar-refractivity contribution in [2.75, 3.05) is 20.6 Å². The molecule has 0 spiro atoms. The number of rotatable bonds is 2. The molecular formula is C15H17F3N2O2. The summed E-state index contributed by atoms with van der Waals surface area (Å²) < 4.78 is 38.4. The molecule has 1 aromatic rings. The molecule has 0 aliphatic carbocycles. The van der Waals surface area contributed by atoms with Crippen LogP contribution in [0.5, 0.6) is 0 Å². The molecule has 0 saturated heterocycles. The van der Waals surface area contributed by atoms with Crippen LogP contribution in [0.2, 0.25) is 0 Å². The normalized spacial score (nSPS) is 17.9. The van der Waals surface area contributed by atoms with Crippen molar-refractivity contribution in [1.82, 2.24) is 9.80 Å². The molecule has 1 aromatic carbocycles. The Morgan fingerprint density at radius 1 is 1.27 bits per heavy atom. The fraction of sp³-hybridized carbons (Fsp3) is 0.467. The van der Waals surface area contributed by atoms with Crippen molar-refractivity contribution in [3.63, 3.8) is 0 Å². The van der Waals surface area contributed by atoms with Crippen molar-refractivity contribution in [3.8, 4) is 0 Å². The molecular weight excluding hydrogens is 297 g/mol. The monoisotopic (exact) mass is 314 g/mol. The van der Waals surface area contributed by atoms with Gasteiger partial charge in [0, 0.05) is 20.6 Å². The Balaban J connectivity index is 2.38. The van der Waals surface area contributed by atoms with Crippen molar-refractivity contribution < 1.29 is 22.8 Å². The maximum absolute atomic E-state index is 12.8. The van der Waals surface area contributed by atoms with E-state index in [1.165, 1.54) is 19.0 Å². The summed E-state index contributed by atoms with van der Waals surface area (Å²) in [6, 6.07) is 6.11. The maximum Gasteiger partial charge on any atom is 0.471 e. The SMILES string of the molecule is CN(C)C(=O)C[C@H]1c2ccccc2CCN1C(=O)C(F)(F)F. The highest BCUT2D eigenvalue weighted by Crippen LogP contribution is 2.35. The Labute approximate surface area is 126 Å². The number of alkyl halides is 3. The Kier molecular flexibility index (Phi) is 4.44. The van der Waals surface area contributed by atoms with E-state index in [1.54, 1.807) is 18.2 Å². The minimum absolute atomic E-state index is 0.0409. The first-order valence-corrected chi connectivity index (χ1v) is 6.87. The second-order valence-corrected chi connectivity index (χ2v) is 5.45. The summed E-state index contributed by atoms with van der Waals surface area (Å²) in [5.74, 6) is -2.21. The Bertz CT molecular complexity index is 584. The maximum atomic E-state index is 12.8. The van der Waals surface area contributed by atoms with Gasteiger partial charge in [0.2, 0.25) is 5.91 Å². The predicted octanol–water partition coefficient (Wildman–Crippen LogP) is 2.15. The minimum atomic E-state index is -4.94. The molecule has 2 amide bonds. The fourth-order valence-corrected chi connectivity index (χ4v) is 2.63. The fourth-order valence-electron chi connectivity index (χ4n) is 2.63. The standard InChI is InChI=1S/C15H17F3N2O2/c1-19(2)13(21)9-12-11-6-4-3-5-10(11)7-8-20(12)14(22)15(16,17)18/h3-6,12H,7-9H2,1-2H3/t12-/m0/s1. The van der Waals surface area contributed by atoms with Gasteiger partial charge >= 0.3 is 12.1 Å². The molecule has 1 aliphatic rings. The van der Waals surface area contributed by atoms with E-state index in [9.17, 15) is 22.8 Å². The lowest BCUT2D eigenvalue weighted by molar-refractivity contribution is -0.188. The van der Waals surface area contributed by atoms with Crippen LogP contribution in [-0.2, 0) is 16.0 Å². The van der Waals surface area contributed by atoms with Gasteiger partial charge in [0.15, 0.2) is 0 Å². The van der Waals surface area contributed by atoms with Crippen LogP contribution in [0.3, 0.4) is 0 Å². The number of benzene rings is 1. The van der Waals surface area contributed by atoms with Gasteiger partial charge in [0.1, 0.15) is 0 Å². The van der Waals surface area contributed by atoms with E-state index < -0.39 is 18.1 Å². The van der Waals surface area contributed by atoms with Crippen molar-refractivity contribution in [1.29, 1.82) is 0 Å². The first kappa shape index (κ1) is 16.3. The molecule has 2 rings (SSSR count). The number of amides is 2. The predicted molar refractivity (Wildman–Crippen MR) is 74.0 cm³/mol. The summed E-state index contributed by atoms with van der Waals surface area (Å²) in [7, 11) is 3.07. The van der Waals surface area contributed by atoms with Crippen LogP contribution in [0, 0.1) is 0 Å². The quantitative estimate of drug-likeness (QED) is 0.839. The van der Waals surface area contributed by atoms with Gasteiger partial charge < -0.3 is 9.80 Å². The molecule has 7 heteroatoms. The second-order valence-electron chi connectivity index (χ2n) is 5.45. The highest BCUT2D eigenvalue weighted by atomic mass is 19.4. The lowest BCUT2D eigenvalue weighted by Crippen LogP contribution is -2.47. The highest BCUT2D eigenvalue weighted by molar-refractivity contribution is 5.84. The van der Waals surface area contributed by atoms with E-state index in [2.05, 4.69) is 0 Å². The Hall–Kier alpha value is -2.05. The van der Waals surface area contributed by atoms with Gasteiger partial charge in [-0.2, -0.15) is 13.2 Å². The molecule has 1 aliphatic heterocycles. The van der Waals surface area contributed by atoms with Crippen molar-refractivity contribution in [3.05, 3.63) is 35.4 Å². The van der Waals surface area contributed by atoms with Crippen LogP contribution in [0.15, 0.2) is 24.3 Å². The number of fused-ring (bicyclic) bond motifs is 1. The van der Waals surface area contributed by atoms with Crippen LogP contribution in [-0.4, -0.2) is 48.4 Å². The molecule has 0 N–H and O–H groups in total. The summed E-state index contributed by atoms with van der Waals surface area (Å²) in [5.41, 5.74) is 1.49. The number of carbonyl (C=O) groups excluding carboxylic acids is 2. The van der Waals surface area contributed by atoms with E-state index in [0.717, 1.165) is 10.5 Å². The van der Waals surface area contributed by atoms with Gasteiger partial charge in [0.05, 0.1) is 12.5 Å². The van der Waals surface area contributed by atoms with Crippen LogP contribution < -0.4 is 0 Å². The molecule has 0 saturated carbocycles. The third kappa shape index (κ3) is 3.23. The smallest absolute Gasteiger partial charge is 0.349 e. The first-order chi connectivity index (χ1) is 10.2. The largest absolute Gasteiger partial charge is 0.471 e. The van der Waals surface area contributed by atoms with Crippen LogP contribution in [0.25, 0.3) is 0 Å².